The van der Waals surface area contributed by atoms with E-state index < -0.39 is 34.8 Å². The van der Waals surface area contributed by atoms with Crippen LogP contribution < -0.4 is 5.32 Å². The van der Waals surface area contributed by atoms with E-state index in [2.05, 4.69) is 5.32 Å². The molecule has 0 aliphatic carbocycles. The maximum atomic E-state index is 13.9. The second kappa shape index (κ2) is 6.54. The van der Waals surface area contributed by atoms with Crippen LogP contribution in [0.15, 0.2) is 12.1 Å². The van der Waals surface area contributed by atoms with Crippen LogP contribution >= 0.6 is 0 Å². The van der Waals surface area contributed by atoms with Gasteiger partial charge >= 0.3 is 0 Å². The van der Waals surface area contributed by atoms with E-state index >= 15 is 0 Å². The van der Waals surface area contributed by atoms with Crippen molar-refractivity contribution in [3.05, 3.63) is 35.1 Å². The van der Waals surface area contributed by atoms with Crippen LogP contribution in [0, 0.1) is 29.3 Å². The van der Waals surface area contributed by atoms with Gasteiger partial charge in [0.05, 0.1) is 17.5 Å². The topological polar surface area (TPSA) is 69.7 Å². The molecule has 1 N–H and O–H groups in total. The second-order valence-corrected chi connectivity index (χ2v) is 7.31. The van der Waals surface area contributed by atoms with Crippen LogP contribution in [0.1, 0.15) is 23.2 Å². The van der Waals surface area contributed by atoms with Crippen LogP contribution in [0.5, 0.6) is 0 Å². The Kier molecular flexibility index (Phi) is 4.32. The first-order valence-electron chi connectivity index (χ1n) is 8.86. The van der Waals surface area contributed by atoms with Crippen molar-refractivity contribution < 1.29 is 27.6 Å². The van der Waals surface area contributed by atoms with Crippen molar-refractivity contribution in [1.82, 2.24) is 15.1 Å². The van der Waals surface area contributed by atoms with Crippen molar-refractivity contribution in [2.24, 2.45) is 11.8 Å². The lowest BCUT2D eigenvalue weighted by molar-refractivity contribution is -0.136. The molecule has 0 spiro atoms. The first-order chi connectivity index (χ1) is 12.8. The summed E-state index contributed by atoms with van der Waals surface area (Å²) in [6.07, 6.45) is 0.865. The van der Waals surface area contributed by atoms with Gasteiger partial charge in [0.2, 0.25) is 11.8 Å². The summed E-state index contributed by atoms with van der Waals surface area (Å²) in [5.74, 6) is -5.07. The summed E-state index contributed by atoms with van der Waals surface area (Å²) < 4.78 is 40.4. The lowest BCUT2D eigenvalue weighted by Crippen LogP contribution is -2.44. The molecule has 3 saturated heterocycles. The van der Waals surface area contributed by atoms with Crippen molar-refractivity contribution >= 4 is 17.7 Å². The predicted octanol–water partition coefficient (Wildman–Crippen LogP) is 0.913. The smallest absolute Gasteiger partial charge is 0.257 e. The number of fused-ring (bicyclic) bond motifs is 1. The van der Waals surface area contributed by atoms with E-state index in [0.29, 0.717) is 38.2 Å². The van der Waals surface area contributed by atoms with E-state index in [1.807, 2.05) is 0 Å². The highest BCUT2D eigenvalue weighted by Crippen LogP contribution is 2.34. The first-order valence-corrected chi connectivity index (χ1v) is 8.86. The zero-order chi connectivity index (χ0) is 19.3. The second-order valence-electron chi connectivity index (χ2n) is 7.31. The molecule has 3 aliphatic rings. The minimum Gasteiger partial charge on any atom is -0.355 e. The molecule has 0 radical (unpaired) electrons. The minimum atomic E-state index is -1.35. The number of hydrogen-bond acceptors (Lipinski definition) is 3. The molecule has 0 saturated carbocycles. The van der Waals surface area contributed by atoms with Crippen molar-refractivity contribution in [2.75, 3.05) is 26.2 Å². The summed E-state index contributed by atoms with van der Waals surface area (Å²) in [4.78, 5) is 39.7. The molecule has 9 heteroatoms. The van der Waals surface area contributed by atoms with E-state index in [1.165, 1.54) is 4.90 Å². The molecule has 4 rings (SSSR count). The van der Waals surface area contributed by atoms with Crippen LogP contribution in [0.3, 0.4) is 0 Å². The Morgan fingerprint density at radius 2 is 1.81 bits per heavy atom. The van der Waals surface area contributed by atoms with Crippen molar-refractivity contribution in [2.45, 2.75) is 18.9 Å². The largest absolute Gasteiger partial charge is 0.355 e. The van der Waals surface area contributed by atoms with Crippen LogP contribution in [0.25, 0.3) is 0 Å². The lowest BCUT2D eigenvalue weighted by atomic mass is 10.0. The van der Waals surface area contributed by atoms with Gasteiger partial charge in [0.15, 0.2) is 11.6 Å². The number of halogens is 3. The third-order valence-electron chi connectivity index (χ3n) is 5.68. The highest BCUT2D eigenvalue weighted by Gasteiger charge is 2.47. The maximum absolute atomic E-state index is 13.9. The van der Waals surface area contributed by atoms with Crippen LogP contribution in [-0.4, -0.2) is 59.7 Å². The Morgan fingerprint density at radius 3 is 2.52 bits per heavy atom. The number of carbonyl (C=O) groups is 3. The maximum Gasteiger partial charge on any atom is 0.257 e. The number of benzene rings is 1. The highest BCUT2D eigenvalue weighted by molar-refractivity contribution is 5.95. The number of nitrogens with zero attached hydrogens (tertiary/aromatic N) is 2. The predicted molar refractivity (Wildman–Crippen MR) is 86.9 cm³/mol. The van der Waals surface area contributed by atoms with Crippen LogP contribution in [0.4, 0.5) is 13.2 Å². The molecule has 3 atom stereocenters. The quantitative estimate of drug-likeness (QED) is 0.775. The molecule has 1 aromatic carbocycles. The Hall–Kier alpha value is -2.58. The van der Waals surface area contributed by atoms with Gasteiger partial charge in [0.25, 0.3) is 5.91 Å². The van der Waals surface area contributed by atoms with Gasteiger partial charge in [-0.1, -0.05) is 0 Å². The fourth-order valence-electron chi connectivity index (χ4n) is 4.27. The average molecular weight is 381 g/mol. The molecular weight excluding hydrogens is 363 g/mol. The summed E-state index contributed by atoms with van der Waals surface area (Å²) in [5.41, 5.74) is -0.516. The van der Waals surface area contributed by atoms with Crippen LogP contribution in [0.2, 0.25) is 0 Å². The number of likely N-dealkylation sites (tertiary alicyclic amines) is 2. The lowest BCUT2D eigenvalue weighted by Gasteiger charge is -2.27. The molecular formula is C18H18F3N3O3. The highest BCUT2D eigenvalue weighted by atomic mass is 19.2. The summed E-state index contributed by atoms with van der Waals surface area (Å²) in [5, 5.41) is 2.64. The normalized spacial score (nSPS) is 27.1. The van der Waals surface area contributed by atoms with E-state index in [9.17, 15) is 27.6 Å². The van der Waals surface area contributed by atoms with Gasteiger partial charge in [-0.3, -0.25) is 14.4 Å². The van der Waals surface area contributed by atoms with Crippen molar-refractivity contribution in [3.8, 4) is 0 Å². The molecule has 0 bridgehead atoms. The summed E-state index contributed by atoms with van der Waals surface area (Å²) in [6.45, 7) is 1.41. The van der Waals surface area contributed by atoms with E-state index in [1.54, 1.807) is 4.90 Å². The SMILES string of the molecule is O=C1C[C@H](C(=O)N2CC[C@H]3CN(C(=O)c4cc(F)c(F)cc4F)C[C@H]32)CN1. The number of nitrogens with one attached hydrogen (secondary N) is 1. The molecule has 3 fully saturated rings. The van der Waals surface area contributed by atoms with Gasteiger partial charge < -0.3 is 15.1 Å². The number of carbonyl (C=O) groups excluding carboxylic acids is 3. The molecule has 3 amide bonds. The van der Waals surface area contributed by atoms with Gasteiger partial charge in [-0.05, 0) is 12.5 Å². The summed E-state index contributed by atoms with van der Waals surface area (Å²) >= 11 is 0. The Morgan fingerprint density at radius 1 is 1.07 bits per heavy atom. The molecule has 1 aromatic rings. The molecule has 144 valence electrons. The average Bonchev–Trinajstić information content (AvgIpc) is 3.32. The minimum absolute atomic E-state index is 0.0521. The number of amides is 3. The fourth-order valence-corrected chi connectivity index (χ4v) is 4.27. The summed E-state index contributed by atoms with van der Waals surface area (Å²) in [7, 11) is 0. The zero-order valence-corrected chi connectivity index (χ0v) is 14.4. The molecule has 3 aliphatic heterocycles. The van der Waals surface area contributed by atoms with Crippen molar-refractivity contribution in [1.29, 1.82) is 0 Å². The number of hydrogen-bond donors (Lipinski definition) is 1. The van der Waals surface area contributed by atoms with Gasteiger partial charge in [-0.15, -0.1) is 0 Å². The zero-order valence-electron chi connectivity index (χ0n) is 14.4. The van der Waals surface area contributed by atoms with Gasteiger partial charge in [-0.25, -0.2) is 13.2 Å². The summed E-state index contributed by atoms with van der Waals surface area (Å²) in [6, 6.07) is 0.727. The van der Waals surface area contributed by atoms with E-state index in [4.69, 9.17) is 0 Å². The van der Waals surface area contributed by atoms with Crippen LogP contribution in [-0.2, 0) is 9.59 Å². The molecule has 0 aromatic heterocycles. The van der Waals surface area contributed by atoms with Crippen molar-refractivity contribution in [3.63, 3.8) is 0 Å². The third kappa shape index (κ3) is 3.04. The first kappa shape index (κ1) is 17.8. The fraction of sp³-hybridized carbons (Fsp3) is 0.500. The third-order valence-corrected chi connectivity index (χ3v) is 5.68. The monoisotopic (exact) mass is 381 g/mol. The molecule has 6 nitrogen and oxygen atoms in total. The van der Waals surface area contributed by atoms with E-state index in [-0.39, 0.29) is 36.7 Å². The Balaban J connectivity index is 1.48. The van der Waals surface area contributed by atoms with Gasteiger partial charge in [-0.2, -0.15) is 0 Å². The molecule has 27 heavy (non-hydrogen) atoms. The Labute approximate surface area is 153 Å². The number of rotatable bonds is 2. The van der Waals surface area contributed by atoms with E-state index in [0.717, 1.165) is 0 Å². The van der Waals surface area contributed by atoms with Gasteiger partial charge in [0.1, 0.15) is 5.82 Å². The molecule has 3 heterocycles. The Bertz CT molecular complexity index is 832. The van der Waals surface area contributed by atoms with Gasteiger partial charge in [0, 0.05) is 44.6 Å². The molecule has 0 unspecified atom stereocenters. The standard InChI is InChI=1S/C18H18F3N3O3/c19-12-5-14(21)13(20)4-11(12)18(27)23-7-9-1-2-24(15(9)8-23)17(26)10-3-16(25)22-6-10/h4-5,9-10,15H,1-3,6-8H2,(H,22,25)/t9-,10-,15+/m0/s1.